The fraction of sp³-hybridized carbons (Fsp3) is 0.833. The van der Waals surface area contributed by atoms with Crippen molar-refractivity contribution in [1.82, 2.24) is 15.5 Å². The van der Waals surface area contributed by atoms with Crippen LogP contribution in [0.25, 0.3) is 0 Å². The minimum Gasteiger partial charge on any atom is -0.370 e. The zero-order valence-corrected chi connectivity index (χ0v) is 11.1. The van der Waals surface area contributed by atoms with Crippen LogP contribution in [0.3, 0.4) is 0 Å². The summed E-state index contributed by atoms with van der Waals surface area (Å²) in [7, 11) is 0. The van der Waals surface area contributed by atoms with Gasteiger partial charge in [-0.3, -0.25) is 4.79 Å². The molecule has 0 bridgehead atoms. The van der Waals surface area contributed by atoms with Gasteiger partial charge in [-0.15, -0.1) is 0 Å². The third-order valence-electron chi connectivity index (χ3n) is 3.25. The summed E-state index contributed by atoms with van der Waals surface area (Å²) in [5, 5.41) is 5.36. The number of nitrogens with zero attached hydrogens (tertiary/aromatic N) is 1. The van der Waals surface area contributed by atoms with Crippen molar-refractivity contribution in [1.29, 1.82) is 0 Å². The molecule has 3 amide bonds. The number of hydrogen-bond acceptors (Lipinski definition) is 3. The minimum atomic E-state index is -0.405. The number of piperidine rings is 1. The number of nitrogens with one attached hydrogen (secondary N) is 2. The Morgan fingerprint density at radius 3 is 2.44 bits per heavy atom. The van der Waals surface area contributed by atoms with Gasteiger partial charge in [0.1, 0.15) is 0 Å². The Hall–Kier alpha value is -1.30. The summed E-state index contributed by atoms with van der Waals surface area (Å²) in [5.74, 6) is 0.420. The molecule has 1 aliphatic rings. The fourth-order valence-corrected chi connectivity index (χ4v) is 1.97. The first kappa shape index (κ1) is 14.8. The molecular weight excluding hydrogens is 232 g/mol. The van der Waals surface area contributed by atoms with Gasteiger partial charge in [-0.25, -0.2) is 4.79 Å². The van der Waals surface area contributed by atoms with Crippen LogP contribution in [0.15, 0.2) is 0 Å². The van der Waals surface area contributed by atoms with Gasteiger partial charge in [0, 0.05) is 26.1 Å². The molecule has 0 aliphatic carbocycles. The standard InChI is InChI=1S/C12H24N4O2/c1-10-3-7-16(8-4-10)9-6-15-12(18)14-5-2-11(13)17/h10H,2-9H2,1H3,(H2,13,17)(H2,14,15,18). The average Bonchev–Trinajstić information content (AvgIpc) is 2.31. The second kappa shape index (κ2) is 7.92. The van der Waals surface area contributed by atoms with Crippen LogP contribution in [-0.4, -0.2) is 49.6 Å². The van der Waals surface area contributed by atoms with Crippen LogP contribution >= 0.6 is 0 Å². The Kier molecular flexibility index (Phi) is 6.49. The quantitative estimate of drug-likeness (QED) is 0.620. The average molecular weight is 256 g/mol. The van der Waals surface area contributed by atoms with Crippen LogP contribution in [0.1, 0.15) is 26.2 Å². The number of carbonyl (C=O) groups excluding carboxylic acids is 2. The third kappa shape index (κ3) is 6.44. The lowest BCUT2D eigenvalue weighted by Gasteiger charge is -2.30. The highest BCUT2D eigenvalue weighted by atomic mass is 16.2. The first-order valence-electron chi connectivity index (χ1n) is 6.60. The van der Waals surface area contributed by atoms with Crippen molar-refractivity contribution in [3.05, 3.63) is 0 Å². The lowest BCUT2D eigenvalue weighted by molar-refractivity contribution is -0.117. The molecule has 4 N–H and O–H groups in total. The molecule has 0 unspecified atom stereocenters. The van der Waals surface area contributed by atoms with Crippen molar-refractivity contribution in [2.24, 2.45) is 11.7 Å². The van der Waals surface area contributed by atoms with Gasteiger partial charge in [0.15, 0.2) is 0 Å². The smallest absolute Gasteiger partial charge is 0.314 e. The Labute approximate surface area is 108 Å². The molecule has 0 radical (unpaired) electrons. The highest BCUT2D eigenvalue weighted by molar-refractivity contribution is 5.76. The van der Waals surface area contributed by atoms with Gasteiger partial charge in [-0.05, 0) is 31.8 Å². The maximum absolute atomic E-state index is 11.3. The van der Waals surface area contributed by atoms with Gasteiger partial charge in [0.25, 0.3) is 0 Å². The van der Waals surface area contributed by atoms with Crippen LogP contribution in [0.4, 0.5) is 4.79 Å². The molecule has 1 heterocycles. The topological polar surface area (TPSA) is 87.5 Å². The van der Waals surface area contributed by atoms with E-state index in [1.165, 1.54) is 12.8 Å². The lowest BCUT2D eigenvalue weighted by atomic mass is 9.99. The zero-order valence-electron chi connectivity index (χ0n) is 11.1. The van der Waals surface area contributed by atoms with Crippen LogP contribution in [0.5, 0.6) is 0 Å². The van der Waals surface area contributed by atoms with Gasteiger partial charge in [0.05, 0.1) is 0 Å². The molecule has 6 nitrogen and oxygen atoms in total. The van der Waals surface area contributed by atoms with Crippen molar-refractivity contribution in [2.45, 2.75) is 26.2 Å². The number of nitrogens with two attached hydrogens (primary N) is 1. The lowest BCUT2D eigenvalue weighted by Crippen LogP contribution is -2.43. The van der Waals surface area contributed by atoms with Crippen LogP contribution in [-0.2, 0) is 4.79 Å². The molecule has 104 valence electrons. The summed E-state index contributed by atoms with van der Waals surface area (Å²) in [6, 6.07) is -0.235. The number of carbonyl (C=O) groups is 2. The van der Waals surface area contributed by atoms with Crippen molar-refractivity contribution < 1.29 is 9.59 Å². The highest BCUT2D eigenvalue weighted by Crippen LogP contribution is 2.14. The number of urea groups is 1. The summed E-state index contributed by atoms with van der Waals surface area (Å²) >= 11 is 0. The van der Waals surface area contributed by atoms with Crippen LogP contribution in [0, 0.1) is 5.92 Å². The molecule has 0 aromatic rings. The van der Waals surface area contributed by atoms with Crippen molar-refractivity contribution in [3.63, 3.8) is 0 Å². The van der Waals surface area contributed by atoms with Gasteiger partial charge < -0.3 is 21.3 Å². The summed E-state index contributed by atoms with van der Waals surface area (Å²) in [5.41, 5.74) is 4.97. The summed E-state index contributed by atoms with van der Waals surface area (Å²) in [4.78, 5) is 24.2. The maximum Gasteiger partial charge on any atom is 0.314 e. The number of amides is 3. The van der Waals surface area contributed by atoms with Crippen molar-refractivity contribution in [3.8, 4) is 0 Å². The Balaban J connectivity index is 2.00. The molecule has 0 atom stereocenters. The number of primary amides is 1. The molecule has 1 rings (SSSR count). The summed E-state index contributed by atoms with van der Waals surface area (Å²) in [6.45, 7) is 6.33. The maximum atomic E-state index is 11.3. The molecule has 1 fully saturated rings. The number of hydrogen-bond donors (Lipinski definition) is 3. The van der Waals surface area contributed by atoms with E-state index in [1.54, 1.807) is 0 Å². The monoisotopic (exact) mass is 256 g/mol. The second-order valence-corrected chi connectivity index (χ2v) is 4.92. The minimum absolute atomic E-state index is 0.178. The first-order valence-corrected chi connectivity index (χ1v) is 6.60. The molecule has 0 aromatic carbocycles. The van der Waals surface area contributed by atoms with E-state index in [4.69, 9.17) is 5.73 Å². The Morgan fingerprint density at radius 2 is 1.83 bits per heavy atom. The second-order valence-electron chi connectivity index (χ2n) is 4.92. The third-order valence-corrected chi connectivity index (χ3v) is 3.25. The molecule has 18 heavy (non-hydrogen) atoms. The van der Waals surface area contributed by atoms with Gasteiger partial charge in [-0.2, -0.15) is 0 Å². The van der Waals surface area contributed by atoms with E-state index in [2.05, 4.69) is 22.5 Å². The van der Waals surface area contributed by atoms with E-state index in [0.29, 0.717) is 13.1 Å². The number of likely N-dealkylation sites (tertiary alicyclic amines) is 1. The largest absolute Gasteiger partial charge is 0.370 e. The first-order chi connectivity index (χ1) is 8.58. The molecule has 6 heteroatoms. The molecule has 1 saturated heterocycles. The summed E-state index contributed by atoms with van der Waals surface area (Å²) in [6.07, 6.45) is 2.66. The predicted octanol–water partition coefficient (Wildman–Crippen LogP) is -0.107. The van der Waals surface area contributed by atoms with E-state index in [0.717, 1.165) is 25.6 Å². The van der Waals surface area contributed by atoms with Gasteiger partial charge in [0.2, 0.25) is 5.91 Å². The van der Waals surface area contributed by atoms with Crippen molar-refractivity contribution >= 4 is 11.9 Å². The normalized spacial score (nSPS) is 17.4. The summed E-state index contributed by atoms with van der Waals surface area (Å²) < 4.78 is 0. The van der Waals surface area contributed by atoms with Gasteiger partial charge >= 0.3 is 6.03 Å². The highest BCUT2D eigenvalue weighted by Gasteiger charge is 2.14. The van der Waals surface area contributed by atoms with Crippen molar-refractivity contribution in [2.75, 3.05) is 32.7 Å². The zero-order chi connectivity index (χ0) is 13.4. The molecule has 0 saturated carbocycles. The Morgan fingerprint density at radius 1 is 1.22 bits per heavy atom. The van der Waals surface area contributed by atoms with Crippen LogP contribution in [0.2, 0.25) is 0 Å². The van der Waals surface area contributed by atoms with E-state index >= 15 is 0 Å². The van der Waals surface area contributed by atoms with E-state index in [1.807, 2.05) is 0 Å². The van der Waals surface area contributed by atoms with E-state index in [9.17, 15) is 9.59 Å². The Bertz CT molecular complexity index is 275. The fourth-order valence-electron chi connectivity index (χ4n) is 1.97. The van der Waals surface area contributed by atoms with E-state index < -0.39 is 5.91 Å². The molecule has 0 spiro atoms. The molecule has 0 aromatic heterocycles. The SMILES string of the molecule is CC1CCN(CCNC(=O)NCCC(N)=O)CC1. The van der Waals surface area contributed by atoms with Crippen LogP contribution < -0.4 is 16.4 Å². The van der Waals surface area contributed by atoms with Gasteiger partial charge in [-0.1, -0.05) is 6.92 Å². The molecule has 1 aliphatic heterocycles. The molecular formula is C12H24N4O2. The predicted molar refractivity (Wildman–Crippen MR) is 70.1 cm³/mol. The van der Waals surface area contributed by atoms with E-state index in [-0.39, 0.29) is 12.5 Å². The number of rotatable bonds is 6.